The summed E-state index contributed by atoms with van der Waals surface area (Å²) in [6.45, 7) is 0. The van der Waals surface area contributed by atoms with Crippen LogP contribution in [0.15, 0.2) is 163 Å². The molecule has 0 spiro atoms. The fourth-order valence-corrected chi connectivity index (χ4v) is 4.28. The van der Waals surface area contributed by atoms with Gasteiger partial charge in [0.1, 0.15) is 23.0 Å². The standard InChI is InChI=1S/C20H15F3N2O2.C12H11NO.C8H4F3NO/c21-20(22,23)14-9-11-15(12-10-14)24-19(26)25-16-5-4-8-18(13-16)27-17-6-2-1-3-7-17;13-10-5-4-8-12(9-10)14-11-6-2-1-3-7-11;9-8(10,11)6-1-3-7(4-2-6)12-5-13/h1-13H,(H2,24,25,26);1-9H,13H2;1-4H. The number of halogens is 6. The zero-order chi connectivity index (χ0) is 39.0. The summed E-state index contributed by atoms with van der Waals surface area (Å²) in [4.78, 5) is 24.9. The molecule has 0 saturated heterocycles. The molecule has 0 bridgehead atoms. The number of ether oxygens (including phenoxy) is 2. The Morgan fingerprint density at radius 3 is 1.46 bits per heavy atom. The third-order valence-electron chi connectivity index (χ3n) is 6.75. The van der Waals surface area contributed by atoms with E-state index < -0.39 is 29.5 Å². The maximum atomic E-state index is 12.6. The number of aliphatic imine (C=N–C) groups is 1. The molecule has 276 valence electrons. The number of urea groups is 1. The number of nitrogens with two attached hydrogens (primary N) is 1. The minimum absolute atomic E-state index is 0.156. The van der Waals surface area contributed by atoms with Gasteiger partial charge in [-0.15, -0.1) is 0 Å². The van der Waals surface area contributed by atoms with E-state index in [2.05, 4.69) is 15.6 Å². The molecule has 6 aromatic carbocycles. The third-order valence-corrected chi connectivity index (χ3v) is 6.75. The van der Waals surface area contributed by atoms with Crippen LogP contribution in [0.5, 0.6) is 23.0 Å². The normalized spacial score (nSPS) is 10.6. The van der Waals surface area contributed by atoms with Gasteiger partial charge in [-0.25, -0.2) is 9.59 Å². The van der Waals surface area contributed by atoms with E-state index in [1.165, 1.54) is 18.2 Å². The van der Waals surface area contributed by atoms with Crippen LogP contribution in [0.1, 0.15) is 11.1 Å². The number of nitrogens with zero attached hydrogens (tertiary/aromatic N) is 1. The highest BCUT2D eigenvalue weighted by atomic mass is 19.4. The number of benzene rings is 6. The number of anilines is 3. The monoisotopic (exact) mass is 744 g/mol. The molecule has 0 aliphatic heterocycles. The zero-order valence-corrected chi connectivity index (χ0v) is 27.9. The molecule has 54 heavy (non-hydrogen) atoms. The van der Waals surface area contributed by atoms with Crippen LogP contribution in [0.3, 0.4) is 0 Å². The number of nitrogens with one attached hydrogen (secondary N) is 2. The number of hydrogen-bond acceptors (Lipinski definition) is 6. The Bertz CT molecular complexity index is 2120. The molecule has 14 heteroatoms. The van der Waals surface area contributed by atoms with Crippen LogP contribution in [0, 0.1) is 0 Å². The minimum atomic E-state index is -4.42. The number of amides is 2. The smallest absolute Gasteiger partial charge is 0.416 e. The predicted octanol–water partition coefficient (Wildman–Crippen LogP) is 11.9. The first kappa shape index (κ1) is 39.7. The summed E-state index contributed by atoms with van der Waals surface area (Å²) in [5.74, 6) is 2.77. The molecular formula is C40H30F6N4O4. The Kier molecular flexibility index (Phi) is 14.0. The first-order chi connectivity index (χ1) is 25.8. The van der Waals surface area contributed by atoms with Crippen LogP contribution >= 0.6 is 0 Å². The number of alkyl halides is 6. The van der Waals surface area contributed by atoms with E-state index in [1.807, 2.05) is 66.7 Å². The molecule has 0 heterocycles. The molecule has 8 nitrogen and oxygen atoms in total. The highest BCUT2D eigenvalue weighted by Gasteiger charge is 2.30. The van der Waals surface area contributed by atoms with E-state index in [4.69, 9.17) is 15.2 Å². The largest absolute Gasteiger partial charge is 0.457 e. The van der Waals surface area contributed by atoms with Crippen LogP contribution in [0.2, 0.25) is 0 Å². The van der Waals surface area contributed by atoms with E-state index in [0.717, 1.165) is 47.9 Å². The number of para-hydroxylation sites is 2. The Morgan fingerprint density at radius 2 is 0.981 bits per heavy atom. The lowest BCUT2D eigenvalue weighted by atomic mass is 10.2. The van der Waals surface area contributed by atoms with Crippen molar-refractivity contribution in [2.24, 2.45) is 4.99 Å². The number of rotatable bonds is 7. The third kappa shape index (κ3) is 13.6. The lowest BCUT2D eigenvalue weighted by Gasteiger charge is -2.11. The maximum Gasteiger partial charge on any atom is 0.416 e. The van der Waals surface area contributed by atoms with Crippen molar-refractivity contribution >= 4 is 34.9 Å². The number of nitrogen functional groups attached to an aromatic ring is 1. The zero-order valence-electron chi connectivity index (χ0n) is 27.9. The second kappa shape index (κ2) is 19.0. The maximum absolute atomic E-state index is 12.6. The number of carbonyl (C=O) groups is 1. The van der Waals surface area contributed by atoms with Crippen molar-refractivity contribution in [3.63, 3.8) is 0 Å². The summed E-state index contributed by atoms with van der Waals surface area (Å²) >= 11 is 0. The second-order valence-electron chi connectivity index (χ2n) is 10.8. The molecule has 6 aromatic rings. The Hall–Kier alpha value is -7.05. The molecule has 0 aliphatic rings. The number of isocyanates is 1. The summed E-state index contributed by atoms with van der Waals surface area (Å²) in [5.41, 5.74) is 5.68. The summed E-state index contributed by atoms with van der Waals surface area (Å²) in [7, 11) is 0. The topological polar surface area (TPSA) is 115 Å². The quantitative estimate of drug-likeness (QED) is 0.0651. The van der Waals surface area contributed by atoms with Gasteiger partial charge < -0.3 is 25.8 Å². The molecule has 0 saturated carbocycles. The molecule has 0 aliphatic carbocycles. The van der Waals surface area contributed by atoms with E-state index >= 15 is 0 Å². The van der Waals surface area contributed by atoms with Gasteiger partial charge in [-0.05, 0) is 97.1 Å². The highest BCUT2D eigenvalue weighted by Crippen LogP contribution is 2.31. The lowest BCUT2D eigenvalue weighted by Crippen LogP contribution is -2.19. The van der Waals surface area contributed by atoms with Gasteiger partial charge in [-0.3, -0.25) is 0 Å². The van der Waals surface area contributed by atoms with Gasteiger partial charge in [0.05, 0.1) is 16.8 Å². The van der Waals surface area contributed by atoms with Gasteiger partial charge in [0.15, 0.2) is 0 Å². The molecule has 4 N–H and O–H groups in total. The SMILES string of the molecule is Nc1cccc(Oc2ccccc2)c1.O=C(Nc1ccc(C(F)(F)F)cc1)Nc1cccc(Oc2ccccc2)c1.O=C=Nc1ccc(C(F)(F)F)cc1. The van der Waals surface area contributed by atoms with Crippen LogP contribution in [0.25, 0.3) is 0 Å². The first-order valence-corrected chi connectivity index (χ1v) is 15.7. The van der Waals surface area contributed by atoms with E-state index in [0.29, 0.717) is 22.9 Å². The Morgan fingerprint density at radius 1 is 0.537 bits per heavy atom. The van der Waals surface area contributed by atoms with Crippen molar-refractivity contribution in [1.29, 1.82) is 0 Å². The lowest BCUT2D eigenvalue weighted by molar-refractivity contribution is -0.138. The summed E-state index contributed by atoms with van der Waals surface area (Å²) in [6, 6.07) is 40.5. The first-order valence-electron chi connectivity index (χ1n) is 15.7. The average Bonchev–Trinajstić information content (AvgIpc) is 3.13. The van der Waals surface area contributed by atoms with Crippen molar-refractivity contribution < 1.29 is 45.4 Å². The summed E-state index contributed by atoms with van der Waals surface area (Å²) < 4.78 is 84.9. The van der Waals surface area contributed by atoms with E-state index in [1.54, 1.807) is 42.5 Å². The molecule has 6 rings (SSSR count). The van der Waals surface area contributed by atoms with Gasteiger partial charge in [0, 0.05) is 29.2 Å². The Balaban J connectivity index is 0.000000201. The van der Waals surface area contributed by atoms with Gasteiger partial charge in [0.25, 0.3) is 0 Å². The van der Waals surface area contributed by atoms with E-state index in [9.17, 15) is 35.9 Å². The summed E-state index contributed by atoms with van der Waals surface area (Å²) in [6.07, 6.45) is -7.54. The van der Waals surface area contributed by atoms with Crippen molar-refractivity contribution in [3.05, 3.63) is 169 Å². The summed E-state index contributed by atoms with van der Waals surface area (Å²) in [5, 5.41) is 5.09. The Labute approximate surface area is 305 Å². The minimum Gasteiger partial charge on any atom is -0.457 e. The number of hydrogen-bond donors (Lipinski definition) is 3. The van der Waals surface area contributed by atoms with Crippen molar-refractivity contribution in [3.8, 4) is 23.0 Å². The van der Waals surface area contributed by atoms with Crippen LogP contribution in [0.4, 0.5) is 53.9 Å². The molecule has 2 amide bonds. The number of carbonyl (C=O) groups excluding carboxylic acids is 2. The molecular weight excluding hydrogens is 714 g/mol. The van der Waals surface area contributed by atoms with Crippen LogP contribution in [-0.4, -0.2) is 12.1 Å². The van der Waals surface area contributed by atoms with Crippen LogP contribution < -0.4 is 25.8 Å². The van der Waals surface area contributed by atoms with Gasteiger partial charge >= 0.3 is 18.4 Å². The van der Waals surface area contributed by atoms with Crippen molar-refractivity contribution in [2.45, 2.75) is 12.4 Å². The average molecular weight is 745 g/mol. The van der Waals surface area contributed by atoms with Gasteiger partial charge in [-0.1, -0.05) is 48.5 Å². The fourth-order valence-electron chi connectivity index (χ4n) is 4.28. The van der Waals surface area contributed by atoms with Gasteiger partial charge in [0.2, 0.25) is 6.08 Å². The molecule has 0 fully saturated rings. The molecule has 0 aromatic heterocycles. The fraction of sp³-hybridized carbons (Fsp3) is 0.0500. The molecule has 0 radical (unpaired) electrons. The van der Waals surface area contributed by atoms with E-state index in [-0.39, 0.29) is 11.4 Å². The highest BCUT2D eigenvalue weighted by molar-refractivity contribution is 5.99. The van der Waals surface area contributed by atoms with Gasteiger partial charge in [-0.2, -0.15) is 31.3 Å². The predicted molar refractivity (Wildman–Crippen MR) is 194 cm³/mol. The molecule has 0 atom stereocenters. The van der Waals surface area contributed by atoms with Crippen molar-refractivity contribution in [2.75, 3.05) is 16.4 Å². The molecule has 0 unspecified atom stereocenters. The van der Waals surface area contributed by atoms with Crippen molar-refractivity contribution in [1.82, 2.24) is 0 Å². The van der Waals surface area contributed by atoms with Crippen LogP contribution in [-0.2, 0) is 17.1 Å². The second-order valence-corrected chi connectivity index (χ2v) is 10.8.